The minimum Gasteiger partial charge on any atom is -0.303 e. The molecule has 3 nitrogen and oxygen atoms in total. The molecule has 0 saturated heterocycles. The molecular weight excluding hydrogens is 224 g/mol. The molecule has 4 heteroatoms. The first kappa shape index (κ1) is 11.3. The van der Waals surface area contributed by atoms with Crippen molar-refractivity contribution in [2.75, 3.05) is 5.75 Å². The first-order valence-corrected chi connectivity index (χ1v) is 7.05. The summed E-state index contributed by atoms with van der Waals surface area (Å²) in [7, 11) is -3.11. The number of hydrogen-bond acceptors (Lipinski definition) is 3. The van der Waals surface area contributed by atoms with E-state index in [-0.39, 0.29) is 17.6 Å². The van der Waals surface area contributed by atoms with Crippen molar-refractivity contribution in [1.82, 2.24) is 0 Å². The van der Waals surface area contributed by atoms with Crippen LogP contribution in [-0.2, 0) is 14.6 Å². The molecule has 1 aromatic carbocycles. The van der Waals surface area contributed by atoms with Gasteiger partial charge in [0, 0.05) is 17.6 Å². The van der Waals surface area contributed by atoms with Crippen LogP contribution in [-0.4, -0.2) is 25.7 Å². The Bertz CT molecular complexity index is 478. The number of sulfone groups is 1. The summed E-state index contributed by atoms with van der Waals surface area (Å²) in [4.78, 5) is 10.9. The molecule has 1 aromatic rings. The third-order valence-corrected chi connectivity index (χ3v) is 5.41. The van der Waals surface area contributed by atoms with Crippen LogP contribution in [0, 0.1) is 5.92 Å². The Hall–Kier alpha value is -1.16. The lowest BCUT2D eigenvalue weighted by Crippen LogP contribution is -2.12. The van der Waals surface area contributed by atoms with Crippen LogP contribution in [0.2, 0.25) is 0 Å². The van der Waals surface area contributed by atoms with Crippen LogP contribution < -0.4 is 0 Å². The molecule has 3 atom stereocenters. The van der Waals surface area contributed by atoms with E-state index < -0.39 is 15.1 Å². The van der Waals surface area contributed by atoms with Crippen molar-refractivity contribution in [1.29, 1.82) is 0 Å². The molecule has 0 aliphatic heterocycles. The summed E-state index contributed by atoms with van der Waals surface area (Å²) >= 11 is 0. The average Bonchev–Trinajstić information content (AvgIpc) is 3.05. The van der Waals surface area contributed by atoms with E-state index in [1.165, 1.54) is 0 Å². The molecule has 0 aromatic heterocycles. The van der Waals surface area contributed by atoms with Crippen molar-refractivity contribution in [2.45, 2.75) is 18.1 Å². The highest BCUT2D eigenvalue weighted by Gasteiger charge is 2.57. The lowest BCUT2D eigenvalue weighted by molar-refractivity contribution is -0.108. The first-order valence-electron chi connectivity index (χ1n) is 5.33. The van der Waals surface area contributed by atoms with Gasteiger partial charge in [-0.2, -0.15) is 0 Å². The van der Waals surface area contributed by atoms with Gasteiger partial charge >= 0.3 is 0 Å². The van der Waals surface area contributed by atoms with Gasteiger partial charge in [0.05, 0.1) is 5.25 Å². The zero-order chi connectivity index (χ0) is 11.8. The van der Waals surface area contributed by atoms with Gasteiger partial charge in [-0.1, -0.05) is 37.3 Å². The molecule has 0 amide bonds. The topological polar surface area (TPSA) is 51.2 Å². The third kappa shape index (κ3) is 1.78. The van der Waals surface area contributed by atoms with E-state index in [9.17, 15) is 13.2 Å². The summed E-state index contributed by atoms with van der Waals surface area (Å²) in [5.74, 6) is -0.387. The highest BCUT2D eigenvalue weighted by atomic mass is 32.2. The van der Waals surface area contributed by atoms with E-state index in [2.05, 4.69) is 0 Å². The molecule has 1 aliphatic carbocycles. The van der Waals surface area contributed by atoms with Crippen molar-refractivity contribution in [2.24, 2.45) is 5.92 Å². The summed E-state index contributed by atoms with van der Waals surface area (Å²) in [6.07, 6.45) is 0.773. The van der Waals surface area contributed by atoms with Crippen LogP contribution >= 0.6 is 0 Å². The maximum absolute atomic E-state index is 11.8. The number of hydrogen-bond donors (Lipinski definition) is 0. The molecular formula is C12H14O3S. The fraction of sp³-hybridized carbons (Fsp3) is 0.417. The Morgan fingerprint density at radius 1 is 1.25 bits per heavy atom. The monoisotopic (exact) mass is 238 g/mol. The molecule has 0 spiro atoms. The van der Waals surface area contributed by atoms with Gasteiger partial charge in [0.15, 0.2) is 9.84 Å². The minimum atomic E-state index is -3.11. The molecule has 86 valence electrons. The molecule has 0 heterocycles. The van der Waals surface area contributed by atoms with Crippen molar-refractivity contribution < 1.29 is 13.2 Å². The SMILES string of the molecule is CCS(=O)(=O)[C@H]1[C@H](C=O)[C@@H]1c1ccccc1. The van der Waals surface area contributed by atoms with Crippen molar-refractivity contribution in [3.63, 3.8) is 0 Å². The molecule has 1 fully saturated rings. The van der Waals surface area contributed by atoms with Crippen LogP contribution in [0.5, 0.6) is 0 Å². The second kappa shape index (κ2) is 4.01. The maximum atomic E-state index is 11.8. The minimum absolute atomic E-state index is 0.103. The van der Waals surface area contributed by atoms with E-state index in [4.69, 9.17) is 0 Å². The smallest absolute Gasteiger partial charge is 0.154 e. The van der Waals surface area contributed by atoms with E-state index in [1.807, 2.05) is 30.3 Å². The summed E-state index contributed by atoms with van der Waals surface area (Å²) in [6.45, 7) is 1.62. The van der Waals surface area contributed by atoms with E-state index in [0.29, 0.717) is 0 Å². The second-order valence-electron chi connectivity index (χ2n) is 4.07. The van der Waals surface area contributed by atoms with Gasteiger partial charge in [0.1, 0.15) is 6.29 Å². The summed E-state index contributed by atoms with van der Waals surface area (Å²) in [6, 6.07) is 9.38. The zero-order valence-electron chi connectivity index (χ0n) is 9.04. The highest BCUT2D eigenvalue weighted by molar-refractivity contribution is 7.92. The molecule has 2 rings (SSSR count). The van der Waals surface area contributed by atoms with Crippen LogP contribution in [0.4, 0.5) is 0 Å². The average molecular weight is 238 g/mol. The number of aldehydes is 1. The molecule has 1 saturated carbocycles. The van der Waals surface area contributed by atoms with Crippen LogP contribution in [0.1, 0.15) is 18.4 Å². The predicted octanol–water partition coefficient (Wildman–Crippen LogP) is 1.40. The Balaban J connectivity index is 2.29. The van der Waals surface area contributed by atoms with Gasteiger partial charge in [-0.3, -0.25) is 0 Å². The van der Waals surface area contributed by atoms with Gasteiger partial charge in [-0.25, -0.2) is 8.42 Å². The summed E-state index contributed by atoms with van der Waals surface area (Å²) < 4.78 is 23.5. The predicted molar refractivity (Wildman–Crippen MR) is 62.0 cm³/mol. The van der Waals surface area contributed by atoms with Crippen molar-refractivity contribution in [3.8, 4) is 0 Å². The quantitative estimate of drug-likeness (QED) is 0.745. The van der Waals surface area contributed by atoms with E-state index in [0.717, 1.165) is 11.8 Å². The van der Waals surface area contributed by atoms with Gasteiger partial charge < -0.3 is 4.79 Å². The van der Waals surface area contributed by atoms with Gasteiger partial charge in [0.2, 0.25) is 0 Å². The van der Waals surface area contributed by atoms with E-state index in [1.54, 1.807) is 6.92 Å². The Labute approximate surface area is 95.4 Å². The second-order valence-corrected chi connectivity index (χ2v) is 6.51. The van der Waals surface area contributed by atoms with Crippen LogP contribution in [0.15, 0.2) is 30.3 Å². The first-order chi connectivity index (χ1) is 7.61. The van der Waals surface area contributed by atoms with Crippen LogP contribution in [0.3, 0.4) is 0 Å². The molecule has 0 bridgehead atoms. The number of rotatable bonds is 4. The lowest BCUT2D eigenvalue weighted by atomic mass is 10.1. The summed E-state index contributed by atoms with van der Waals surface area (Å²) in [5, 5.41) is -0.502. The Kier molecular flexibility index (Phi) is 2.84. The van der Waals surface area contributed by atoms with Gasteiger partial charge in [-0.15, -0.1) is 0 Å². The fourth-order valence-corrected chi connectivity index (χ4v) is 4.00. The molecule has 1 aliphatic rings. The normalized spacial score (nSPS) is 28.7. The Morgan fingerprint density at radius 2 is 1.88 bits per heavy atom. The molecule has 0 N–H and O–H groups in total. The number of carbonyl (C=O) groups excluding carboxylic acids is 1. The van der Waals surface area contributed by atoms with Crippen molar-refractivity contribution in [3.05, 3.63) is 35.9 Å². The summed E-state index contributed by atoms with van der Waals surface area (Å²) in [5.41, 5.74) is 0.946. The van der Waals surface area contributed by atoms with Crippen molar-refractivity contribution >= 4 is 16.1 Å². The zero-order valence-corrected chi connectivity index (χ0v) is 9.85. The van der Waals surface area contributed by atoms with Gasteiger partial charge in [0.25, 0.3) is 0 Å². The Morgan fingerprint density at radius 3 is 2.38 bits per heavy atom. The van der Waals surface area contributed by atoms with Gasteiger partial charge in [-0.05, 0) is 5.56 Å². The molecule has 0 radical (unpaired) electrons. The molecule has 0 unspecified atom stereocenters. The molecule has 16 heavy (non-hydrogen) atoms. The highest BCUT2D eigenvalue weighted by Crippen LogP contribution is 2.51. The number of carbonyl (C=O) groups is 1. The maximum Gasteiger partial charge on any atom is 0.154 e. The fourth-order valence-electron chi connectivity index (χ4n) is 2.21. The van der Waals surface area contributed by atoms with E-state index >= 15 is 0 Å². The lowest BCUT2D eigenvalue weighted by Gasteiger charge is -1.99. The third-order valence-electron chi connectivity index (χ3n) is 3.17. The van der Waals surface area contributed by atoms with Crippen LogP contribution in [0.25, 0.3) is 0 Å². The number of benzene rings is 1. The largest absolute Gasteiger partial charge is 0.303 e. The standard InChI is InChI=1S/C12H14O3S/c1-2-16(14,15)12-10(8-13)11(12)9-6-4-3-5-7-9/h3-8,10-12H,2H2,1H3/t10-,11+,12+/m1/s1.